The lowest BCUT2D eigenvalue weighted by Crippen LogP contribution is -2.53. The molecule has 4 nitrogen and oxygen atoms in total. The number of amides is 1. The standard InChI is InChI=1S/C17H24FN3O/c1-13(2)21-8-7-16(17(21)22)20-11-9-19(10-12-20)15-6-4-3-5-14(15)18/h3-6,13,16H,7-12H2,1-2H3. The molecule has 2 heterocycles. The number of hydrogen-bond donors (Lipinski definition) is 0. The second-order valence-corrected chi connectivity index (χ2v) is 6.40. The van der Waals surface area contributed by atoms with Gasteiger partial charge in [-0.25, -0.2) is 4.39 Å². The van der Waals surface area contributed by atoms with Gasteiger partial charge in [0.15, 0.2) is 0 Å². The molecule has 3 rings (SSSR count). The fraction of sp³-hybridized carbons (Fsp3) is 0.588. The molecule has 0 bridgehead atoms. The first-order valence-electron chi connectivity index (χ1n) is 8.12. The van der Waals surface area contributed by atoms with Crippen molar-refractivity contribution in [1.29, 1.82) is 0 Å². The summed E-state index contributed by atoms with van der Waals surface area (Å²) < 4.78 is 13.9. The van der Waals surface area contributed by atoms with Crippen molar-refractivity contribution in [1.82, 2.24) is 9.80 Å². The first-order chi connectivity index (χ1) is 10.6. The number of carbonyl (C=O) groups is 1. The van der Waals surface area contributed by atoms with E-state index in [1.165, 1.54) is 6.07 Å². The zero-order chi connectivity index (χ0) is 15.7. The average molecular weight is 305 g/mol. The third kappa shape index (κ3) is 2.82. The van der Waals surface area contributed by atoms with Crippen LogP contribution in [0, 0.1) is 5.82 Å². The molecular weight excluding hydrogens is 281 g/mol. The molecule has 0 radical (unpaired) electrons. The number of nitrogens with zero attached hydrogens (tertiary/aromatic N) is 3. The number of likely N-dealkylation sites (tertiary alicyclic amines) is 1. The lowest BCUT2D eigenvalue weighted by Gasteiger charge is -2.38. The minimum Gasteiger partial charge on any atom is -0.367 e. The van der Waals surface area contributed by atoms with Gasteiger partial charge in [-0.05, 0) is 32.4 Å². The van der Waals surface area contributed by atoms with Crippen LogP contribution in [0.2, 0.25) is 0 Å². The highest BCUT2D eigenvalue weighted by atomic mass is 19.1. The molecule has 0 aliphatic carbocycles. The van der Waals surface area contributed by atoms with Gasteiger partial charge in [0.1, 0.15) is 5.82 Å². The normalized spacial score (nSPS) is 23.6. The van der Waals surface area contributed by atoms with Crippen LogP contribution in [0.1, 0.15) is 20.3 Å². The predicted molar refractivity (Wildman–Crippen MR) is 85.4 cm³/mol. The number of anilines is 1. The van der Waals surface area contributed by atoms with E-state index < -0.39 is 0 Å². The summed E-state index contributed by atoms with van der Waals surface area (Å²) in [5.74, 6) is 0.0909. The van der Waals surface area contributed by atoms with Crippen molar-refractivity contribution in [2.75, 3.05) is 37.6 Å². The van der Waals surface area contributed by atoms with E-state index in [9.17, 15) is 9.18 Å². The fourth-order valence-electron chi connectivity index (χ4n) is 3.52. The van der Waals surface area contributed by atoms with E-state index in [4.69, 9.17) is 0 Å². The van der Waals surface area contributed by atoms with Gasteiger partial charge in [0.05, 0.1) is 11.7 Å². The zero-order valence-corrected chi connectivity index (χ0v) is 13.3. The minimum absolute atomic E-state index is 0.0187. The second kappa shape index (κ2) is 6.24. The Morgan fingerprint density at radius 2 is 1.77 bits per heavy atom. The van der Waals surface area contributed by atoms with Crippen molar-refractivity contribution in [3.63, 3.8) is 0 Å². The molecule has 2 aliphatic rings. The number of rotatable bonds is 3. The van der Waals surface area contributed by atoms with Gasteiger partial charge in [-0.15, -0.1) is 0 Å². The van der Waals surface area contributed by atoms with Crippen molar-refractivity contribution in [3.8, 4) is 0 Å². The Balaban J connectivity index is 1.61. The number of hydrogen-bond acceptors (Lipinski definition) is 3. The van der Waals surface area contributed by atoms with E-state index in [1.54, 1.807) is 6.07 Å². The van der Waals surface area contributed by atoms with E-state index in [0.717, 1.165) is 39.1 Å². The third-order valence-electron chi connectivity index (χ3n) is 4.78. The topological polar surface area (TPSA) is 26.8 Å². The molecule has 22 heavy (non-hydrogen) atoms. The van der Waals surface area contributed by atoms with E-state index in [0.29, 0.717) is 5.69 Å². The lowest BCUT2D eigenvalue weighted by molar-refractivity contribution is -0.133. The Bertz CT molecular complexity index is 540. The maximum Gasteiger partial charge on any atom is 0.240 e. The highest BCUT2D eigenvalue weighted by Crippen LogP contribution is 2.24. The summed E-state index contributed by atoms with van der Waals surface area (Å²) in [4.78, 5) is 18.8. The van der Waals surface area contributed by atoms with Crippen molar-refractivity contribution < 1.29 is 9.18 Å². The summed E-state index contributed by atoms with van der Waals surface area (Å²) in [6, 6.07) is 7.20. The van der Waals surface area contributed by atoms with Crippen LogP contribution in [-0.4, -0.2) is 60.5 Å². The Kier molecular flexibility index (Phi) is 4.34. The van der Waals surface area contributed by atoms with Gasteiger partial charge in [0.2, 0.25) is 5.91 Å². The smallest absolute Gasteiger partial charge is 0.240 e. The van der Waals surface area contributed by atoms with Crippen LogP contribution in [0.15, 0.2) is 24.3 Å². The van der Waals surface area contributed by atoms with Crippen LogP contribution in [0.25, 0.3) is 0 Å². The molecule has 1 atom stereocenters. The number of piperazine rings is 1. The lowest BCUT2D eigenvalue weighted by atomic mass is 10.1. The first-order valence-corrected chi connectivity index (χ1v) is 8.12. The molecule has 0 saturated carbocycles. The third-order valence-corrected chi connectivity index (χ3v) is 4.78. The summed E-state index contributed by atoms with van der Waals surface area (Å²) in [7, 11) is 0. The summed E-state index contributed by atoms with van der Waals surface area (Å²) in [5.41, 5.74) is 0.670. The van der Waals surface area contributed by atoms with E-state index >= 15 is 0 Å². The molecule has 1 unspecified atom stereocenters. The molecule has 2 fully saturated rings. The van der Waals surface area contributed by atoms with Gasteiger partial charge in [0, 0.05) is 38.8 Å². The predicted octanol–water partition coefficient (Wildman–Crippen LogP) is 1.96. The summed E-state index contributed by atoms with van der Waals surface area (Å²) in [6.45, 7) is 8.16. The molecule has 0 aromatic heterocycles. The van der Waals surface area contributed by atoms with Gasteiger partial charge < -0.3 is 9.80 Å². The van der Waals surface area contributed by atoms with Crippen molar-refractivity contribution in [3.05, 3.63) is 30.1 Å². The molecule has 1 amide bonds. The zero-order valence-electron chi connectivity index (χ0n) is 13.3. The molecule has 0 spiro atoms. The summed E-state index contributed by atoms with van der Waals surface area (Å²) >= 11 is 0. The maximum atomic E-state index is 13.9. The van der Waals surface area contributed by atoms with Gasteiger partial charge in [-0.1, -0.05) is 12.1 Å². The number of para-hydroxylation sites is 1. The summed E-state index contributed by atoms with van der Waals surface area (Å²) in [6.07, 6.45) is 0.913. The van der Waals surface area contributed by atoms with E-state index in [2.05, 4.69) is 23.6 Å². The van der Waals surface area contributed by atoms with Crippen molar-refractivity contribution in [2.24, 2.45) is 0 Å². The molecule has 1 aromatic carbocycles. The van der Waals surface area contributed by atoms with Crippen LogP contribution in [0.5, 0.6) is 0 Å². The average Bonchev–Trinajstić information content (AvgIpc) is 2.90. The molecule has 120 valence electrons. The molecule has 0 N–H and O–H groups in total. The minimum atomic E-state index is -0.168. The molecule has 5 heteroatoms. The Labute approximate surface area is 131 Å². The largest absolute Gasteiger partial charge is 0.367 e. The summed E-state index contributed by atoms with van der Waals surface area (Å²) in [5, 5.41) is 0. The van der Waals surface area contributed by atoms with Crippen LogP contribution in [-0.2, 0) is 4.79 Å². The molecule has 2 saturated heterocycles. The number of carbonyl (C=O) groups excluding carboxylic acids is 1. The molecule has 2 aliphatic heterocycles. The van der Waals surface area contributed by atoms with Crippen molar-refractivity contribution in [2.45, 2.75) is 32.4 Å². The van der Waals surface area contributed by atoms with Crippen LogP contribution < -0.4 is 4.90 Å². The van der Waals surface area contributed by atoms with Crippen LogP contribution in [0.4, 0.5) is 10.1 Å². The number of benzene rings is 1. The fourth-order valence-corrected chi connectivity index (χ4v) is 3.52. The van der Waals surface area contributed by atoms with Gasteiger partial charge in [-0.2, -0.15) is 0 Å². The molecular formula is C17H24FN3O. The van der Waals surface area contributed by atoms with Crippen LogP contribution >= 0.6 is 0 Å². The van der Waals surface area contributed by atoms with Gasteiger partial charge in [0.25, 0.3) is 0 Å². The van der Waals surface area contributed by atoms with Crippen LogP contribution in [0.3, 0.4) is 0 Å². The highest BCUT2D eigenvalue weighted by molar-refractivity contribution is 5.84. The van der Waals surface area contributed by atoms with Gasteiger partial charge >= 0.3 is 0 Å². The first kappa shape index (κ1) is 15.3. The van der Waals surface area contributed by atoms with E-state index in [-0.39, 0.29) is 23.8 Å². The van der Waals surface area contributed by atoms with Crippen molar-refractivity contribution >= 4 is 11.6 Å². The Morgan fingerprint density at radius 1 is 1.09 bits per heavy atom. The van der Waals surface area contributed by atoms with Gasteiger partial charge in [-0.3, -0.25) is 9.69 Å². The quantitative estimate of drug-likeness (QED) is 0.854. The Hall–Kier alpha value is -1.62. The number of halogens is 1. The maximum absolute atomic E-state index is 13.9. The Morgan fingerprint density at radius 3 is 2.36 bits per heavy atom. The SMILES string of the molecule is CC(C)N1CCC(N2CCN(c3ccccc3F)CC2)C1=O. The highest BCUT2D eigenvalue weighted by Gasteiger charge is 2.38. The molecule has 1 aromatic rings. The monoisotopic (exact) mass is 305 g/mol. The van der Waals surface area contributed by atoms with E-state index in [1.807, 2.05) is 17.0 Å². The second-order valence-electron chi connectivity index (χ2n) is 6.40.